The average molecular weight is 601 g/mol. The van der Waals surface area contributed by atoms with Crippen LogP contribution in [0.4, 0.5) is 9.59 Å². The molecule has 0 unspecified atom stereocenters. The number of hydrogen-bond donors (Lipinski definition) is 0. The molecule has 0 N–H and O–H groups in total. The molecule has 2 aromatic rings. The molecule has 0 spiro atoms. The molecule has 0 saturated heterocycles. The smallest absolute Gasteiger partial charge is 0.412 e. The SMILES string of the molecule is C=C(C)c1ccc(C)cc1-c1c(OCN(C)C(=O)OCCOC)cc(CCCCC)cc1OCN(C)C(=O)OCCOC. The van der Waals surface area contributed by atoms with E-state index in [4.69, 9.17) is 28.4 Å². The normalized spacial score (nSPS) is 10.7. The van der Waals surface area contributed by atoms with Crippen LogP contribution in [0.15, 0.2) is 36.9 Å². The number of carbonyl (C=O) groups excluding carboxylic acids is 2. The maximum absolute atomic E-state index is 12.5. The molecule has 0 aromatic heterocycles. The van der Waals surface area contributed by atoms with Crippen LogP contribution in [0, 0.1) is 6.92 Å². The fourth-order valence-corrected chi connectivity index (χ4v) is 4.18. The lowest BCUT2D eigenvalue weighted by atomic mass is 9.91. The predicted molar refractivity (Wildman–Crippen MR) is 168 cm³/mol. The lowest BCUT2D eigenvalue weighted by Crippen LogP contribution is -2.32. The van der Waals surface area contributed by atoms with Crippen molar-refractivity contribution in [1.82, 2.24) is 9.80 Å². The van der Waals surface area contributed by atoms with Crippen molar-refractivity contribution >= 4 is 17.8 Å². The molecule has 0 aliphatic heterocycles. The monoisotopic (exact) mass is 600 g/mol. The third-order valence-corrected chi connectivity index (χ3v) is 6.58. The number of benzene rings is 2. The van der Waals surface area contributed by atoms with Crippen molar-refractivity contribution in [1.29, 1.82) is 0 Å². The largest absolute Gasteiger partial charge is 0.472 e. The molecular formula is C33H48N2O8. The summed E-state index contributed by atoms with van der Waals surface area (Å²) in [5.74, 6) is 1.08. The zero-order valence-corrected chi connectivity index (χ0v) is 26.8. The number of allylic oxidation sites excluding steroid dienone is 1. The van der Waals surface area contributed by atoms with Gasteiger partial charge in [0.25, 0.3) is 0 Å². The van der Waals surface area contributed by atoms with E-state index in [9.17, 15) is 9.59 Å². The number of aryl methyl sites for hydroxylation is 2. The highest BCUT2D eigenvalue weighted by atomic mass is 16.6. The van der Waals surface area contributed by atoms with E-state index in [1.54, 1.807) is 28.3 Å². The van der Waals surface area contributed by atoms with E-state index >= 15 is 0 Å². The molecule has 0 aliphatic carbocycles. The number of carbonyl (C=O) groups is 2. The molecule has 0 bridgehead atoms. The Labute approximate surface area is 256 Å². The quantitative estimate of drug-likeness (QED) is 0.141. The van der Waals surface area contributed by atoms with Gasteiger partial charge in [-0.2, -0.15) is 0 Å². The molecule has 0 radical (unpaired) electrons. The minimum absolute atomic E-state index is 0.0589. The summed E-state index contributed by atoms with van der Waals surface area (Å²) in [6.07, 6.45) is 2.92. The summed E-state index contributed by atoms with van der Waals surface area (Å²) in [6, 6.07) is 10.1. The Morgan fingerprint density at radius 3 is 1.81 bits per heavy atom. The fourth-order valence-electron chi connectivity index (χ4n) is 4.18. The lowest BCUT2D eigenvalue weighted by Gasteiger charge is -2.24. The van der Waals surface area contributed by atoms with Crippen molar-refractivity contribution < 1.29 is 38.0 Å². The molecule has 238 valence electrons. The van der Waals surface area contributed by atoms with Crippen LogP contribution in [0.1, 0.15) is 49.8 Å². The van der Waals surface area contributed by atoms with Gasteiger partial charge in [0.1, 0.15) is 24.7 Å². The zero-order valence-electron chi connectivity index (χ0n) is 26.8. The summed E-state index contributed by atoms with van der Waals surface area (Å²) in [7, 11) is 6.30. The van der Waals surface area contributed by atoms with Crippen molar-refractivity contribution in [3.8, 4) is 22.6 Å². The molecule has 2 aromatic carbocycles. The highest BCUT2D eigenvalue weighted by molar-refractivity contribution is 5.87. The third kappa shape index (κ3) is 11.4. The molecule has 0 heterocycles. The van der Waals surface area contributed by atoms with Crippen LogP contribution in [-0.2, 0) is 25.4 Å². The molecule has 43 heavy (non-hydrogen) atoms. The number of unbranched alkanes of at least 4 members (excludes halogenated alkanes) is 2. The van der Waals surface area contributed by atoms with E-state index in [2.05, 4.69) is 19.6 Å². The van der Waals surface area contributed by atoms with Gasteiger partial charge in [0.05, 0.1) is 18.8 Å². The zero-order chi connectivity index (χ0) is 31.8. The highest BCUT2D eigenvalue weighted by Crippen LogP contribution is 2.43. The first kappa shape index (κ1) is 35.4. The topological polar surface area (TPSA) is 96.0 Å². The van der Waals surface area contributed by atoms with Gasteiger partial charge in [0.15, 0.2) is 13.5 Å². The van der Waals surface area contributed by atoms with Gasteiger partial charge in [-0.15, -0.1) is 0 Å². The van der Waals surface area contributed by atoms with E-state index in [0.717, 1.165) is 53.5 Å². The Hall–Kier alpha value is -3.76. The minimum atomic E-state index is -0.527. The molecule has 2 rings (SSSR count). The number of amides is 2. The molecule has 10 nitrogen and oxygen atoms in total. The Balaban J connectivity index is 2.55. The van der Waals surface area contributed by atoms with Crippen molar-refractivity contribution in [2.24, 2.45) is 0 Å². The van der Waals surface area contributed by atoms with Crippen LogP contribution in [0.25, 0.3) is 16.7 Å². The van der Waals surface area contributed by atoms with Crippen LogP contribution in [0.2, 0.25) is 0 Å². The van der Waals surface area contributed by atoms with Gasteiger partial charge in [0, 0.05) is 28.3 Å². The van der Waals surface area contributed by atoms with Gasteiger partial charge in [-0.05, 0) is 55.5 Å². The van der Waals surface area contributed by atoms with Crippen LogP contribution in [-0.4, -0.2) is 90.2 Å². The van der Waals surface area contributed by atoms with E-state index in [1.165, 1.54) is 9.80 Å². The number of methoxy groups -OCH3 is 2. The van der Waals surface area contributed by atoms with Crippen molar-refractivity contribution in [2.45, 2.75) is 46.5 Å². The van der Waals surface area contributed by atoms with E-state index in [-0.39, 0.29) is 26.7 Å². The number of nitrogens with zero attached hydrogens (tertiary/aromatic N) is 2. The van der Waals surface area contributed by atoms with Gasteiger partial charge >= 0.3 is 12.2 Å². The molecule has 10 heteroatoms. The highest BCUT2D eigenvalue weighted by Gasteiger charge is 2.22. The standard InChI is InChI=1S/C33H48N2O8/c1-9-10-11-12-26-20-29(42-22-34(5)32(36)40-17-15-38-7)31(28-19-25(4)13-14-27(28)24(2)3)30(21-26)43-23-35(6)33(37)41-18-16-39-8/h13-14,19-21H,2,9-12,15-18,22-23H2,1,3-8H3. The lowest BCUT2D eigenvalue weighted by molar-refractivity contribution is 0.0591. The number of hydrogen-bond acceptors (Lipinski definition) is 8. The first-order valence-electron chi connectivity index (χ1n) is 14.6. The van der Waals surface area contributed by atoms with Crippen molar-refractivity contribution in [3.63, 3.8) is 0 Å². The summed E-state index contributed by atoms with van der Waals surface area (Å²) in [5.41, 5.74) is 5.43. The first-order chi connectivity index (χ1) is 20.6. The van der Waals surface area contributed by atoms with Crippen molar-refractivity contribution in [2.75, 3.05) is 68.2 Å². The molecule has 0 saturated carbocycles. The number of ether oxygens (including phenoxy) is 6. The summed E-state index contributed by atoms with van der Waals surface area (Å²) >= 11 is 0. The van der Waals surface area contributed by atoms with Crippen LogP contribution in [0.3, 0.4) is 0 Å². The van der Waals surface area contributed by atoms with Gasteiger partial charge in [0.2, 0.25) is 0 Å². The van der Waals surface area contributed by atoms with E-state index < -0.39 is 12.2 Å². The summed E-state index contributed by atoms with van der Waals surface area (Å²) in [4.78, 5) is 27.7. The van der Waals surface area contributed by atoms with Gasteiger partial charge in [-0.25, -0.2) is 9.59 Å². The van der Waals surface area contributed by atoms with E-state index in [1.807, 2.05) is 38.1 Å². The maximum atomic E-state index is 12.5. The van der Waals surface area contributed by atoms with E-state index in [0.29, 0.717) is 30.3 Å². The molecule has 0 aliphatic rings. The maximum Gasteiger partial charge on any atom is 0.412 e. The van der Waals surface area contributed by atoms with Gasteiger partial charge < -0.3 is 28.4 Å². The predicted octanol–water partition coefficient (Wildman–Crippen LogP) is 6.53. The Bertz CT molecular complexity index is 1150. The summed E-state index contributed by atoms with van der Waals surface area (Å²) in [6.45, 7) is 11.1. The van der Waals surface area contributed by atoms with Gasteiger partial charge in [-0.1, -0.05) is 55.7 Å². The Morgan fingerprint density at radius 2 is 1.35 bits per heavy atom. The average Bonchev–Trinajstić information content (AvgIpc) is 2.98. The molecule has 0 fully saturated rings. The van der Waals surface area contributed by atoms with Gasteiger partial charge in [-0.3, -0.25) is 9.80 Å². The Morgan fingerprint density at radius 1 is 0.814 bits per heavy atom. The summed E-state index contributed by atoms with van der Waals surface area (Å²) in [5, 5.41) is 0. The van der Waals surface area contributed by atoms with Crippen LogP contribution >= 0.6 is 0 Å². The molecule has 0 atom stereocenters. The Kier molecular flexibility index (Phi) is 15.4. The van der Waals surface area contributed by atoms with Crippen LogP contribution < -0.4 is 9.47 Å². The summed E-state index contributed by atoms with van der Waals surface area (Å²) < 4.78 is 33.1. The minimum Gasteiger partial charge on any atom is -0.472 e. The second-order valence-electron chi connectivity index (χ2n) is 10.4. The second-order valence-corrected chi connectivity index (χ2v) is 10.4. The number of rotatable bonds is 18. The molecular weight excluding hydrogens is 552 g/mol. The molecule has 2 amide bonds. The first-order valence-corrected chi connectivity index (χ1v) is 14.6. The fraction of sp³-hybridized carbons (Fsp3) is 0.515. The van der Waals surface area contributed by atoms with Crippen LogP contribution in [0.5, 0.6) is 11.5 Å². The third-order valence-electron chi connectivity index (χ3n) is 6.58. The van der Waals surface area contributed by atoms with Crippen molar-refractivity contribution in [3.05, 3.63) is 53.6 Å². The second kappa shape index (κ2) is 18.7.